The van der Waals surface area contributed by atoms with Gasteiger partial charge in [-0.25, -0.2) is 0 Å². The Labute approximate surface area is 149 Å². The smallest absolute Gasteiger partial charge is 0.203 e. The third kappa shape index (κ3) is 7.03. The quantitative estimate of drug-likeness (QED) is 0.318. The van der Waals surface area contributed by atoms with Crippen LogP contribution in [0.1, 0.15) is 56.9 Å². The summed E-state index contributed by atoms with van der Waals surface area (Å²) >= 11 is 3.48. The second-order valence-corrected chi connectivity index (χ2v) is 6.55. The van der Waals surface area contributed by atoms with Crippen LogP contribution in [0.25, 0.3) is 0 Å². The SMILES string of the molecule is COc1ccc(CCCCCCCCCCBr)c(OC)c1OC. The number of hydrogen-bond acceptors (Lipinski definition) is 3. The summed E-state index contributed by atoms with van der Waals surface area (Å²) in [6.45, 7) is 0. The number of unbranched alkanes of at least 4 members (excludes halogenated alkanes) is 7. The number of rotatable bonds is 13. The molecule has 0 bridgehead atoms. The minimum atomic E-state index is 0.694. The average molecular weight is 387 g/mol. The second kappa shape index (κ2) is 12.5. The Morgan fingerprint density at radius 3 is 1.78 bits per heavy atom. The predicted molar refractivity (Wildman–Crippen MR) is 101 cm³/mol. The highest BCUT2D eigenvalue weighted by molar-refractivity contribution is 9.09. The van der Waals surface area contributed by atoms with Crippen molar-refractivity contribution in [3.8, 4) is 17.2 Å². The van der Waals surface area contributed by atoms with Crippen LogP contribution in [0.4, 0.5) is 0 Å². The largest absolute Gasteiger partial charge is 0.493 e. The highest BCUT2D eigenvalue weighted by Crippen LogP contribution is 2.40. The van der Waals surface area contributed by atoms with Gasteiger partial charge in [-0.2, -0.15) is 0 Å². The fourth-order valence-electron chi connectivity index (χ4n) is 2.83. The first kappa shape index (κ1) is 20.1. The van der Waals surface area contributed by atoms with Crippen LogP contribution in [0.3, 0.4) is 0 Å². The van der Waals surface area contributed by atoms with Crippen molar-refractivity contribution < 1.29 is 14.2 Å². The summed E-state index contributed by atoms with van der Waals surface area (Å²) < 4.78 is 16.3. The normalized spacial score (nSPS) is 10.6. The van der Waals surface area contributed by atoms with Gasteiger partial charge in [-0.3, -0.25) is 0 Å². The molecule has 0 saturated heterocycles. The fourth-order valence-corrected chi connectivity index (χ4v) is 3.23. The van der Waals surface area contributed by atoms with Crippen LogP contribution >= 0.6 is 15.9 Å². The summed E-state index contributed by atoms with van der Waals surface area (Å²) in [6.07, 6.45) is 11.6. The number of halogens is 1. The Hall–Kier alpha value is -0.900. The third-order valence-electron chi connectivity index (χ3n) is 4.12. The van der Waals surface area contributed by atoms with Crippen LogP contribution in [-0.2, 0) is 6.42 Å². The van der Waals surface area contributed by atoms with Crippen molar-refractivity contribution in [1.82, 2.24) is 0 Å². The molecule has 0 amide bonds. The molecule has 0 heterocycles. The molecule has 132 valence electrons. The first-order chi connectivity index (χ1) is 11.3. The van der Waals surface area contributed by atoms with E-state index in [0.717, 1.165) is 23.2 Å². The van der Waals surface area contributed by atoms with Gasteiger partial charge in [0.2, 0.25) is 5.75 Å². The van der Waals surface area contributed by atoms with Crippen LogP contribution < -0.4 is 14.2 Å². The first-order valence-corrected chi connectivity index (χ1v) is 9.74. The lowest BCUT2D eigenvalue weighted by molar-refractivity contribution is 0.322. The predicted octanol–water partition coefficient (Wildman–Crippen LogP) is 5.77. The molecule has 1 aromatic carbocycles. The second-order valence-electron chi connectivity index (χ2n) is 5.76. The molecule has 1 aromatic rings. The molecule has 3 nitrogen and oxygen atoms in total. The zero-order valence-corrected chi connectivity index (χ0v) is 16.4. The highest BCUT2D eigenvalue weighted by atomic mass is 79.9. The number of benzene rings is 1. The van der Waals surface area contributed by atoms with Crippen molar-refractivity contribution in [2.75, 3.05) is 26.7 Å². The van der Waals surface area contributed by atoms with Gasteiger partial charge in [0.25, 0.3) is 0 Å². The van der Waals surface area contributed by atoms with Gasteiger partial charge in [-0.15, -0.1) is 0 Å². The molecule has 0 aromatic heterocycles. The number of alkyl halides is 1. The number of ether oxygens (including phenoxy) is 3. The molecule has 0 saturated carbocycles. The molecule has 0 aliphatic rings. The van der Waals surface area contributed by atoms with E-state index in [-0.39, 0.29) is 0 Å². The summed E-state index contributed by atoms with van der Waals surface area (Å²) in [5, 5.41) is 1.14. The van der Waals surface area contributed by atoms with Crippen LogP contribution in [0.15, 0.2) is 12.1 Å². The molecule has 0 spiro atoms. The van der Waals surface area contributed by atoms with Gasteiger partial charge >= 0.3 is 0 Å². The van der Waals surface area contributed by atoms with Gasteiger partial charge in [0.05, 0.1) is 21.3 Å². The minimum Gasteiger partial charge on any atom is -0.493 e. The molecule has 0 radical (unpaired) electrons. The van der Waals surface area contributed by atoms with E-state index in [1.165, 1.54) is 56.9 Å². The Morgan fingerprint density at radius 1 is 0.696 bits per heavy atom. The lowest BCUT2D eigenvalue weighted by Gasteiger charge is -2.15. The maximum absolute atomic E-state index is 5.53. The van der Waals surface area contributed by atoms with Gasteiger partial charge < -0.3 is 14.2 Å². The van der Waals surface area contributed by atoms with E-state index in [1.807, 2.05) is 6.07 Å². The van der Waals surface area contributed by atoms with Crippen molar-refractivity contribution in [2.45, 2.75) is 57.8 Å². The molecule has 0 unspecified atom stereocenters. The van der Waals surface area contributed by atoms with E-state index in [0.29, 0.717) is 5.75 Å². The monoisotopic (exact) mass is 386 g/mol. The molecule has 4 heteroatoms. The highest BCUT2D eigenvalue weighted by Gasteiger charge is 2.15. The molecule has 0 aliphatic heterocycles. The van der Waals surface area contributed by atoms with Gasteiger partial charge in [-0.05, 0) is 30.9 Å². The lowest BCUT2D eigenvalue weighted by Crippen LogP contribution is -1.99. The van der Waals surface area contributed by atoms with E-state index in [4.69, 9.17) is 14.2 Å². The van der Waals surface area contributed by atoms with Crippen LogP contribution in [0, 0.1) is 0 Å². The molecular weight excluding hydrogens is 356 g/mol. The van der Waals surface area contributed by atoms with Crippen molar-refractivity contribution in [2.24, 2.45) is 0 Å². The molecule has 0 atom stereocenters. The number of methoxy groups -OCH3 is 3. The summed E-state index contributed by atoms with van der Waals surface area (Å²) in [5.41, 5.74) is 1.20. The average Bonchev–Trinajstić information content (AvgIpc) is 2.59. The number of aryl methyl sites for hydroxylation is 1. The summed E-state index contributed by atoms with van der Waals surface area (Å²) in [5.74, 6) is 2.22. The zero-order chi connectivity index (χ0) is 16.9. The van der Waals surface area contributed by atoms with Gasteiger partial charge in [-0.1, -0.05) is 60.5 Å². The summed E-state index contributed by atoms with van der Waals surface area (Å²) in [6, 6.07) is 4.04. The summed E-state index contributed by atoms with van der Waals surface area (Å²) in [7, 11) is 4.99. The van der Waals surface area contributed by atoms with Crippen molar-refractivity contribution in [3.63, 3.8) is 0 Å². The minimum absolute atomic E-state index is 0.694. The maximum Gasteiger partial charge on any atom is 0.203 e. The van der Waals surface area contributed by atoms with Crippen LogP contribution in [0.5, 0.6) is 17.2 Å². The van der Waals surface area contributed by atoms with Gasteiger partial charge in [0, 0.05) is 5.33 Å². The Morgan fingerprint density at radius 2 is 1.26 bits per heavy atom. The van der Waals surface area contributed by atoms with Crippen LogP contribution in [-0.4, -0.2) is 26.7 Å². The Kier molecular flexibility index (Phi) is 11.0. The number of hydrogen-bond donors (Lipinski definition) is 0. The molecule has 1 rings (SSSR count). The first-order valence-electron chi connectivity index (χ1n) is 8.62. The topological polar surface area (TPSA) is 27.7 Å². The molecule has 23 heavy (non-hydrogen) atoms. The fraction of sp³-hybridized carbons (Fsp3) is 0.684. The zero-order valence-electron chi connectivity index (χ0n) is 14.8. The van der Waals surface area contributed by atoms with E-state index in [9.17, 15) is 0 Å². The van der Waals surface area contributed by atoms with E-state index in [2.05, 4.69) is 22.0 Å². The van der Waals surface area contributed by atoms with Gasteiger partial charge in [0.1, 0.15) is 0 Å². The van der Waals surface area contributed by atoms with Crippen molar-refractivity contribution in [1.29, 1.82) is 0 Å². The van der Waals surface area contributed by atoms with Crippen molar-refractivity contribution >= 4 is 15.9 Å². The summed E-state index contributed by atoms with van der Waals surface area (Å²) in [4.78, 5) is 0. The molecule has 0 fully saturated rings. The maximum atomic E-state index is 5.53. The molecular formula is C19H31BrO3. The lowest BCUT2D eigenvalue weighted by atomic mass is 10.0. The Balaban J connectivity index is 2.34. The van der Waals surface area contributed by atoms with E-state index in [1.54, 1.807) is 21.3 Å². The van der Waals surface area contributed by atoms with E-state index >= 15 is 0 Å². The Bertz CT molecular complexity index is 435. The molecule has 0 aliphatic carbocycles. The van der Waals surface area contributed by atoms with Crippen molar-refractivity contribution in [3.05, 3.63) is 17.7 Å². The van der Waals surface area contributed by atoms with E-state index < -0.39 is 0 Å². The van der Waals surface area contributed by atoms with Gasteiger partial charge in [0.15, 0.2) is 11.5 Å². The standard InChI is InChI=1S/C19H31BrO3/c1-21-17-14-13-16(18(22-2)19(17)23-3)12-10-8-6-4-5-7-9-11-15-20/h13-14H,4-12,15H2,1-3H3. The third-order valence-corrected chi connectivity index (χ3v) is 4.68. The van der Waals surface area contributed by atoms with Crippen LogP contribution in [0.2, 0.25) is 0 Å². The molecule has 0 N–H and O–H groups in total.